The number of fused-ring (bicyclic) bond motifs is 1. The molecule has 0 spiro atoms. The molecule has 0 unspecified atom stereocenters. The average molecular weight is 381 g/mol. The normalized spacial score (nSPS) is 14.0. The minimum atomic E-state index is -3.86. The Balaban J connectivity index is 1.85. The monoisotopic (exact) mass is 381 g/mol. The van der Waals surface area contributed by atoms with Gasteiger partial charge < -0.3 is 5.32 Å². The van der Waals surface area contributed by atoms with Gasteiger partial charge in [-0.05, 0) is 55.1 Å². The van der Waals surface area contributed by atoms with Crippen LogP contribution in [0.3, 0.4) is 0 Å². The van der Waals surface area contributed by atoms with Crippen molar-refractivity contribution in [3.8, 4) is 0 Å². The number of anilines is 2. The summed E-state index contributed by atoms with van der Waals surface area (Å²) >= 11 is 0. The highest BCUT2D eigenvalue weighted by Gasteiger charge is 2.22. The number of hydrogen-bond acceptors (Lipinski definition) is 5. The first-order valence-electron chi connectivity index (χ1n) is 7.20. The van der Waals surface area contributed by atoms with Gasteiger partial charge in [-0.3, -0.25) is 9.52 Å². The lowest BCUT2D eigenvalue weighted by Crippen LogP contribution is -2.18. The van der Waals surface area contributed by atoms with Crippen LogP contribution in [-0.2, 0) is 31.3 Å². The third-order valence-corrected chi connectivity index (χ3v) is 6.51. The fourth-order valence-electron chi connectivity index (χ4n) is 2.41. The van der Waals surface area contributed by atoms with Gasteiger partial charge in [0.15, 0.2) is 0 Å². The van der Waals surface area contributed by atoms with Crippen LogP contribution in [0.2, 0.25) is 0 Å². The number of carbonyl (C=O) groups excluding carboxylic acids is 1. The van der Waals surface area contributed by atoms with E-state index < -0.39 is 20.0 Å². The van der Waals surface area contributed by atoms with Crippen molar-refractivity contribution in [2.24, 2.45) is 0 Å². The molecule has 1 heterocycles. The van der Waals surface area contributed by atoms with Gasteiger partial charge in [-0.25, -0.2) is 21.6 Å². The molecule has 25 heavy (non-hydrogen) atoms. The highest BCUT2D eigenvalue weighted by Crippen LogP contribution is 2.27. The third-order valence-electron chi connectivity index (χ3n) is 3.70. The second kappa shape index (κ2) is 6.14. The largest absolute Gasteiger partial charge is 0.326 e. The van der Waals surface area contributed by atoms with Gasteiger partial charge in [0.25, 0.3) is 10.0 Å². The number of hydrogen-bond donors (Lipinski definition) is 3. The van der Waals surface area contributed by atoms with Crippen molar-refractivity contribution in [2.45, 2.75) is 16.2 Å². The van der Waals surface area contributed by atoms with Crippen molar-refractivity contribution in [1.29, 1.82) is 0 Å². The predicted molar refractivity (Wildman–Crippen MR) is 92.3 cm³/mol. The van der Waals surface area contributed by atoms with Crippen LogP contribution in [0.1, 0.15) is 5.56 Å². The van der Waals surface area contributed by atoms with E-state index in [-0.39, 0.29) is 27.8 Å². The standard InChI is InChI=1S/C15H15N3O5S2/c1-16-24(20,21)12-4-2-11(3-5-12)18-25(22,23)13-6-7-14-10(8-13)9-15(19)17-14/h2-8,16,18H,9H2,1H3,(H,17,19). The van der Waals surface area contributed by atoms with E-state index >= 15 is 0 Å². The average Bonchev–Trinajstić information content (AvgIpc) is 2.94. The van der Waals surface area contributed by atoms with Gasteiger partial charge in [-0.2, -0.15) is 0 Å². The number of sulfonamides is 2. The van der Waals surface area contributed by atoms with E-state index in [1.807, 2.05) is 0 Å². The zero-order valence-electron chi connectivity index (χ0n) is 13.1. The van der Waals surface area contributed by atoms with Crippen molar-refractivity contribution < 1.29 is 21.6 Å². The van der Waals surface area contributed by atoms with E-state index in [4.69, 9.17) is 0 Å². The topological polar surface area (TPSA) is 121 Å². The molecule has 0 aliphatic carbocycles. The molecule has 132 valence electrons. The molecule has 3 N–H and O–H groups in total. The minimum Gasteiger partial charge on any atom is -0.326 e. The molecule has 2 aromatic carbocycles. The Bertz CT molecular complexity index is 1050. The first-order valence-corrected chi connectivity index (χ1v) is 10.2. The maximum atomic E-state index is 12.5. The van der Waals surface area contributed by atoms with Gasteiger partial charge in [0.05, 0.1) is 16.2 Å². The van der Waals surface area contributed by atoms with Crippen molar-refractivity contribution in [3.05, 3.63) is 48.0 Å². The summed E-state index contributed by atoms with van der Waals surface area (Å²) in [6.45, 7) is 0. The quantitative estimate of drug-likeness (QED) is 0.710. The Kier molecular flexibility index (Phi) is 4.27. The smallest absolute Gasteiger partial charge is 0.261 e. The number of benzene rings is 2. The van der Waals surface area contributed by atoms with Gasteiger partial charge in [-0.15, -0.1) is 0 Å². The number of nitrogens with one attached hydrogen (secondary N) is 3. The van der Waals surface area contributed by atoms with E-state index in [0.29, 0.717) is 11.3 Å². The Morgan fingerprint density at radius 1 is 0.920 bits per heavy atom. The number of rotatable bonds is 5. The zero-order chi connectivity index (χ0) is 18.2. The Morgan fingerprint density at radius 2 is 1.56 bits per heavy atom. The molecule has 0 saturated heterocycles. The van der Waals surface area contributed by atoms with Gasteiger partial charge in [0, 0.05) is 11.4 Å². The van der Waals surface area contributed by atoms with Crippen LogP contribution in [0.25, 0.3) is 0 Å². The lowest BCUT2D eigenvalue weighted by Gasteiger charge is -2.10. The molecular formula is C15H15N3O5S2. The van der Waals surface area contributed by atoms with E-state index in [2.05, 4.69) is 14.8 Å². The molecule has 0 fully saturated rings. The van der Waals surface area contributed by atoms with Crippen LogP contribution < -0.4 is 14.8 Å². The van der Waals surface area contributed by atoms with Crippen LogP contribution in [0.15, 0.2) is 52.3 Å². The minimum absolute atomic E-state index is 0.0228. The van der Waals surface area contributed by atoms with Crippen molar-refractivity contribution in [2.75, 3.05) is 17.1 Å². The van der Waals surface area contributed by atoms with Crippen LogP contribution in [0, 0.1) is 0 Å². The third kappa shape index (κ3) is 3.50. The lowest BCUT2D eigenvalue weighted by atomic mass is 10.2. The Labute approximate surface area is 145 Å². The molecule has 3 rings (SSSR count). The molecule has 0 atom stereocenters. The van der Waals surface area contributed by atoms with Crippen molar-refractivity contribution in [1.82, 2.24) is 4.72 Å². The first kappa shape index (κ1) is 17.4. The number of carbonyl (C=O) groups is 1. The molecule has 2 aromatic rings. The fraction of sp³-hybridized carbons (Fsp3) is 0.133. The number of amides is 1. The molecule has 0 aromatic heterocycles. The van der Waals surface area contributed by atoms with E-state index in [9.17, 15) is 21.6 Å². The van der Waals surface area contributed by atoms with Crippen LogP contribution >= 0.6 is 0 Å². The molecule has 1 amide bonds. The Morgan fingerprint density at radius 3 is 2.20 bits per heavy atom. The molecular weight excluding hydrogens is 366 g/mol. The highest BCUT2D eigenvalue weighted by molar-refractivity contribution is 7.92. The Hall–Kier alpha value is -2.43. The molecule has 0 saturated carbocycles. The predicted octanol–water partition coefficient (Wildman–Crippen LogP) is 0.890. The molecule has 1 aliphatic heterocycles. The summed E-state index contributed by atoms with van der Waals surface area (Å²) in [6, 6.07) is 9.70. The van der Waals surface area contributed by atoms with Crippen LogP contribution in [0.5, 0.6) is 0 Å². The van der Waals surface area contributed by atoms with Crippen molar-refractivity contribution in [3.63, 3.8) is 0 Å². The zero-order valence-corrected chi connectivity index (χ0v) is 14.7. The second-order valence-corrected chi connectivity index (χ2v) is 8.95. The summed E-state index contributed by atoms with van der Waals surface area (Å²) in [6.07, 6.45) is 0.134. The summed E-state index contributed by atoms with van der Waals surface area (Å²) < 4.78 is 52.9. The van der Waals surface area contributed by atoms with Crippen LogP contribution in [0.4, 0.5) is 11.4 Å². The van der Waals surface area contributed by atoms with Crippen molar-refractivity contribution >= 4 is 37.3 Å². The van der Waals surface area contributed by atoms with Gasteiger partial charge in [0.1, 0.15) is 0 Å². The summed E-state index contributed by atoms with van der Waals surface area (Å²) in [4.78, 5) is 11.4. The van der Waals surface area contributed by atoms with E-state index in [1.165, 1.54) is 49.5 Å². The molecule has 10 heteroatoms. The summed E-state index contributed by atoms with van der Waals surface area (Å²) in [7, 11) is -6.16. The van der Waals surface area contributed by atoms with Gasteiger partial charge in [0.2, 0.25) is 15.9 Å². The SMILES string of the molecule is CNS(=O)(=O)c1ccc(NS(=O)(=O)c2ccc3c(c2)CC(=O)N3)cc1. The maximum Gasteiger partial charge on any atom is 0.261 e. The lowest BCUT2D eigenvalue weighted by molar-refractivity contribution is -0.115. The molecule has 0 bridgehead atoms. The van der Waals surface area contributed by atoms with E-state index in [0.717, 1.165) is 0 Å². The van der Waals surface area contributed by atoms with Gasteiger partial charge >= 0.3 is 0 Å². The molecule has 8 nitrogen and oxygen atoms in total. The summed E-state index contributed by atoms with van der Waals surface area (Å²) in [5.41, 5.74) is 1.44. The summed E-state index contributed by atoms with van der Waals surface area (Å²) in [5, 5.41) is 2.63. The van der Waals surface area contributed by atoms with E-state index in [1.54, 1.807) is 0 Å². The summed E-state index contributed by atoms with van der Waals surface area (Å²) in [5.74, 6) is -0.182. The maximum absolute atomic E-state index is 12.5. The molecule has 1 aliphatic rings. The second-order valence-electron chi connectivity index (χ2n) is 5.38. The fourth-order valence-corrected chi connectivity index (χ4v) is 4.25. The first-order chi connectivity index (χ1) is 11.7. The molecule has 0 radical (unpaired) electrons. The van der Waals surface area contributed by atoms with Crippen LogP contribution in [-0.4, -0.2) is 29.8 Å². The van der Waals surface area contributed by atoms with Gasteiger partial charge in [-0.1, -0.05) is 0 Å². The highest BCUT2D eigenvalue weighted by atomic mass is 32.2.